The molecule has 0 aromatic heterocycles. The second-order valence-electron chi connectivity index (χ2n) is 5.60. The molecule has 1 fully saturated rings. The van der Waals surface area contributed by atoms with Crippen LogP contribution >= 0.6 is 12.4 Å². The number of nitrogens with zero attached hydrogens (tertiary/aromatic N) is 2. The van der Waals surface area contributed by atoms with E-state index < -0.39 is 10.0 Å². The summed E-state index contributed by atoms with van der Waals surface area (Å²) >= 11 is 0. The maximum absolute atomic E-state index is 13.0. The summed E-state index contributed by atoms with van der Waals surface area (Å²) in [6, 6.07) is 6.52. The van der Waals surface area contributed by atoms with Crippen molar-refractivity contribution in [1.29, 1.82) is 5.26 Å². The molecular weight excluding hydrogens is 322 g/mol. The fourth-order valence-electron chi connectivity index (χ4n) is 2.88. The molecule has 0 bridgehead atoms. The number of nitrogens with two attached hydrogens (primary N) is 1. The van der Waals surface area contributed by atoms with Crippen LogP contribution in [0.5, 0.6) is 0 Å². The number of halogens is 1. The molecule has 0 saturated carbocycles. The summed E-state index contributed by atoms with van der Waals surface area (Å²) in [4.78, 5) is 0.0950. The molecule has 2 rings (SSSR count). The van der Waals surface area contributed by atoms with Gasteiger partial charge in [-0.2, -0.15) is 9.57 Å². The summed E-state index contributed by atoms with van der Waals surface area (Å²) in [5.74, 6) is 0. The summed E-state index contributed by atoms with van der Waals surface area (Å²) in [7, 11) is -3.69. The van der Waals surface area contributed by atoms with E-state index in [0.29, 0.717) is 12.1 Å². The minimum absolute atomic E-state index is 0. The van der Waals surface area contributed by atoms with Crippen molar-refractivity contribution in [2.24, 2.45) is 5.73 Å². The van der Waals surface area contributed by atoms with E-state index in [1.54, 1.807) is 19.1 Å². The van der Waals surface area contributed by atoms with Crippen LogP contribution in [0.4, 0.5) is 0 Å². The van der Waals surface area contributed by atoms with Crippen molar-refractivity contribution < 1.29 is 8.42 Å². The summed E-state index contributed by atoms with van der Waals surface area (Å²) in [5.41, 5.74) is 6.86. The van der Waals surface area contributed by atoms with Crippen LogP contribution in [-0.4, -0.2) is 31.4 Å². The topological polar surface area (TPSA) is 87.2 Å². The molecule has 1 saturated heterocycles. The van der Waals surface area contributed by atoms with Gasteiger partial charge in [-0.3, -0.25) is 0 Å². The average Bonchev–Trinajstić information content (AvgIpc) is 2.46. The van der Waals surface area contributed by atoms with Crippen molar-refractivity contribution in [3.8, 4) is 6.07 Å². The van der Waals surface area contributed by atoms with E-state index in [0.717, 1.165) is 19.3 Å². The summed E-state index contributed by atoms with van der Waals surface area (Å²) in [5, 5.41) is 9.28. The molecule has 2 unspecified atom stereocenters. The van der Waals surface area contributed by atoms with Crippen LogP contribution in [0.2, 0.25) is 0 Å². The smallest absolute Gasteiger partial charge is 0.244 e. The number of nitriles is 1. The molecule has 1 aromatic carbocycles. The molecule has 0 spiro atoms. The third kappa shape index (κ3) is 3.44. The molecule has 0 amide bonds. The van der Waals surface area contributed by atoms with E-state index in [4.69, 9.17) is 5.73 Å². The minimum atomic E-state index is -3.69. The van der Waals surface area contributed by atoms with Gasteiger partial charge in [-0.15, -0.1) is 12.4 Å². The van der Waals surface area contributed by atoms with E-state index in [1.165, 1.54) is 10.4 Å². The number of hydrogen-bond acceptors (Lipinski definition) is 4. The van der Waals surface area contributed by atoms with Gasteiger partial charge < -0.3 is 5.73 Å². The zero-order valence-corrected chi connectivity index (χ0v) is 14.5. The van der Waals surface area contributed by atoms with Crippen molar-refractivity contribution in [3.63, 3.8) is 0 Å². The fourth-order valence-corrected chi connectivity index (χ4v) is 4.87. The Morgan fingerprint density at radius 1 is 1.41 bits per heavy atom. The van der Waals surface area contributed by atoms with E-state index in [1.807, 2.05) is 13.0 Å². The van der Waals surface area contributed by atoms with Crippen LogP contribution in [0.15, 0.2) is 23.1 Å². The lowest BCUT2D eigenvalue weighted by Gasteiger charge is -2.37. The van der Waals surface area contributed by atoms with Gasteiger partial charge in [-0.05, 0) is 38.3 Å². The van der Waals surface area contributed by atoms with Gasteiger partial charge in [-0.1, -0.05) is 18.6 Å². The lowest BCUT2D eigenvalue weighted by Crippen LogP contribution is -2.51. The third-order valence-electron chi connectivity index (χ3n) is 4.04. The number of sulfonamides is 1. The van der Waals surface area contributed by atoms with E-state index in [9.17, 15) is 13.7 Å². The van der Waals surface area contributed by atoms with Crippen molar-refractivity contribution in [2.75, 3.05) is 6.54 Å². The van der Waals surface area contributed by atoms with Gasteiger partial charge in [0.05, 0.1) is 5.56 Å². The lowest BCUT2D eigenvalue weighted by molar-refractivity contribution is 0.227. The van der Waals surface area contributed by atoms with Gasteiger partial charge in [0, 0.05) is 18.6 Å². The SMILES string of the molecule is Cc1cccc(S(=O)(=O)N2CCCCC2C(C)N)c1C#N.Cl. The zero-order chi connectivity index (χ0) is 15.6. The molecule has 0 aliphatic carbocycles. The molecule has 1 aliphatic heterocycles. The second kappa shape index (κ2) is 7.42. The Bertz CT molecular complexity index is 668. The highest BCUT2D eigenvalue weighted by Crippen LogP contribution is 2.29. The van der Waals surface area contributed by atoms with Crippen LogP contribution in [-0.2, 0) is 10.0 Å². The Hall–Kier alpha value is -1.13. The Morgan fingerprint density at radius 3 is 2.68 bits per heavy atom. The largest absolute Gasteiger partial charge is 0.326 e. The van der Waals surface area contributed by atoms with Gasteiger partial charge in [-0.25, -0.2) is 8.42 Å². The maximum Gasteiger partial charge on any atom is 0.244 e. The molecule has 2 N–H and O–H groups in total. The zero-order valence-electron chi connectivity index (χ0n) is 12.8. The summed E-state index contributed by atoms with van der Waals surface area (Å²) in [6.45, 7) is 4.05. The van der Waals surface area contributed by atoms with Gasteiger partial charge >= 0.3 is 0 Å². The maximum atomic E-state index is 13.0. The van der Waals surface area contributed by atoms with Gasteiger partial charge in [0.15, 0.2) is 0 Å². The van der Waals surface area contributed by atoms with Crippen LogP contribution in [0.3, 0.4) is 0 Å². The highest BCUT2D eigenvalue weighted by molar-refractivity contribution is 7.89. The normalized spacial score (nSPS) is 20.7. The fraction of sp³-hybridized carbons (Fsp3) is 0.533. The molecule has 1 heterocycles. The lowest BCUT2D eigenvalue weighted by atomic mass is 10.00. The van der Waals surface area contributed by atoms with Crippen LogP contribution in [0.25, 0.3) is 0 Å². The summed E-state index contributed by atoms with van der Waals surface area (Å²) < 4.78 is 27.4. The van der Waals surface area contributed by atoms with Gasteiger partial charge in [0.2, 0.25) is 10.0 Å². The first-order valence-electron chi connectivity index (χ1n) is 7.16. The first-order valence-corrected chi connectivity index (χ1v) is 8.60. The number of hydrogen-bond donors (Lipinski definition) is 1. The Balaban J connectivity index is 0.00000242. The highest BCUT2D eigenvalue weighted by atomic mass is 35.5. The predicted molar refractivity (Wildman–Crippen MR) is 88.3 cm³/mol. The molecule has 2 atom stereocenters. The predicted octanol–water partition coefficient (Wildman–Crippen LogP) is 2.18. The third-order valence-corrected chi connectivity index (χ3v) is 6.01. The van der Waals surface area contributed by atoms with Gasteiger partial charge in [0.25, 0.3) is 0 Å². The Kier molecular flexibility index (Phi) is 6.38. The summed E-state index contributed by atoms with van der Waals surface area (Å²) in [6.07, 6.45) is 2.58. The van der Waals surface area contributed by atoms with Crippen LogP contribution < -0.4 is 5.73 Å². The van der Waals surface area contributed by atoms with E-state index in [-0.39, 0.29) is 34.9 Å². The molecule has 1 aromatic rings. The number of rotatable bonds is 3. The Labute approximate surface area is 138 Å². The first-order chi connectivity index (χ1) is 9.89. The molecular formula is C15H22ClN3O2S. The van der Waals surface area contributed by atoms with E-state index in [2.05, 4.69) is 0 Å². The van der Waals surface area contributed by atoms with Gasteiger partial charge in [0.1, 0.15) is 11.0 Å². The number of benzene rings is 1. The number of aryl methyl sites for hydroxylation is 1. The van der Waals surface area contributed by atoms with Crippen LogP contribution in [0, 0.1) is 18.3 Å². The first kappa shape index (κ1) is 18.9. The molecule has 22 heavy (non-hydrogen) atoms. The van der Waals surface area contributed by atoms with E-state index >= 15 is 0 Å². The molecule has 0 radical (unpaired) electrons. The standard InChI is InChI=1S/C15H21N3O2S.ClH/c1-11-6-5-8-15(13(11)10-16)21(19,20)18-9-4-3-7-14(18)12(2)17;/h5-6,8,12,14H,3-4,7,9,17H2,1-2H3;1H. The molecule has 122 valence electrons. The highest BCUT2D eigenvalue weighted by Gasteiger charge is 2.36. The molecule has 7 heteroatoms. The Morgan fingerprint density at radius 2 is 2.09 bits per heavy atom. The second-order valence-corrected chi connectivity index (χ2v) is 7.46. The van der Waals surface area contributed by atoms with Crippen molar-refractivity contribution in [3.05, 3.63) is 29.3 Å². The monoisotopic (exact) mass is 343 g/mol. The van der Waals surface area contributed by atoms with Crippen molar-refractivity contribution >= 4 is 22.4 Å². The average molecular weight is 344 g/mol. The minimum Gasteiger partial charge on any atom is -0.326 e. The molecule has 5 nitrogen and oxygen atoms in total. The number of piperidine rings is 1. The van der Waals surface area contributed by atoms with Crippen molar-refractivity contribution in [2.45, 2.75) is 50.1 Å². The quantitative estimate of drug-likeness (QED) is 0.911. The van der Waals surface area contributed by atoms with Crippen molar-refractivity contribution in [1.82, 2.24) is 4.31 Å². The molecule has 1 aliphatic rings. The van der Waals surface area contributed by atoms with Crippen LogP contribution in [0.1, 0.15) is 37.3 Å².